The zero-order chi connectivity index (χ0) is 19.1. The van der Waals surface area contributed by atoms with Crippen molar-refractivity contribution in [3.8, 4) is 0 Å². The van der Waals surface area contributed by atoms with E-state index in [9.17, 15) is 9.18 Å². The number of likely N-dealkylation sites (tertiary alicyclic amines) is 1. The molecule has 0 aromatic heterocycles. The first-order valence-electron chi connectivity index (χ1n) is 9.96. The van der Waals surface area contributed by atoms with Crippen molar-refractivity contribution >= 4 is 5.91 Å². The molecular weight excluding hydrogens is 339 g/mol. The number of hydrogen-bond acceptors (Lipinski definition) is 2. The van der Waals surface area contributed by atoms with E-state index in [1.54, 1.807) is 12.1 Å². The summed E-state index contributed by atoms with van der Waals surface area (Å²) in [5.41, 5.74) is 1.97. The van der Waals surface area contributed by atoms with Gasteiger partial charge in [-0.05, 0) is 30.9 Å². The van der Waals surface area contributed by atoms with E-state index in [-0.39, 0.29) is 17.8 Å². The van der Waals surface area contributed by atoms with Crippen molar-refractivity contribution in [1.29, 1.82) is 0 Å². The molecule has 0 unspecified atom stereocenters. The number of amides is 1. The van der Waals surface area contributed by atoms with Gasteiger partial charge in [0.05, 0.1) is 0 Å². The van der Waals surface area contributed by atoms with Crippen molar-refractivity contribution in [3.05, 3.63) is 71.5 Å². The number of nitrogens with zero attached hydrogens (tertiary/aromatic N) is 2. The number of rotatable bonds is 7. The summed E-state index contributed by atoms with van der Waals surface area (Å²) in [6, 6.07) is 17.5. The molecule has 1 aliphatic rings. The Morgan fingerprint density at radius 1 is 1.07 bits per heavy atom. The molecular formula is C23H29FN2O. The number of carbonyl (C=O) groups excluding carboxylic acids is 1. The average molecular weight is 368 g/mol. The Bertz CT molecular complexity index is 726. The number of halogens is 1. The predicted molar refractivity (Wildman–Crippen MR) is 107 cm³/mol. The maximum Gasteiger partial charge on any atom is 0.222 e. The maximum atomic E-state index is 14.1. The van der Waals surface area contributed by atoms with Crippen molar-refractivity contribution in [3.63, 3.8) is 0 Å². The lowest BCUT2D eigenvalue weighted by atomic mass is 10.0. The number of carbonyl (C=O) groups is 1. The van der Waals surface area contributed by atoms with Gasteiger partial charge in [0.25, 0.3) is 0 Å². The van der Waals surface area contributed by atoms with Crippen LogP contribution in [0.1, 0.15) is 37.3 Å². The summed E-state index contributed by atoms with van der Waals surface area (Å²) >= 11 is 0. The topological polar surface area (TPSA) is 23.6 Å². The van der Waals surface area contributed by atoms with Crippen LogP contribution in [-0.2, 0) is 17.8 Å². The number of benzene rings is 2. The molecule has 0 spiro atoms. The van der Waals surface area contributed by atoms with E-state index in [1.165, 1.54) is 11.6 Å². The Labute approximate surface area is 161 Å². The molecule has 0 N–H and O–H groups in total. The molecule has 4 heteroatoms. The van der Waals surface area contributed by atoms with E-state index in [1.807, 2.05) is 24.0 Å². The third-order valence-electron chi connectivity index (χ3n) is 5.48. The fraction of sp³-hybridized carbons (Fsp3) is 0.435. The van der Waals surface area contributed by atoms with E-state index in [0.29, 0.717) is 18.5 Å². The second-order valence-electron chi connectivity index (χ2n) is 7.28. The normalized spacial score (nSPS) is 15.6. The van der Waals surface area contributed by atoms with Gasteiger partial charge in [-0.15, -0.1) is 0 Å². The molecule has 0 aliphatic carbocycles. The Balaban J connectivity index is 1.56. The third kappa shape index (κ3) is 5.39. The third-order valence-corrected chi connectivity index (χ3v) is 5.48. The lowest BCUT2D eigenvalue weighted by molar-refractivity contribution is -0.135. The van der Waals surface area contributed by atoms with Crippen LogP contribution < -0.4 is 0 Å². The van der Waals surface area contributed by atoms with Crippen molar-refractivity contribution in [2.45, 2.75) is 45.2 Å². The first kappa shape index (κ1) is 19.6. The van der Waals surface area contributed by atoms with Crippen LogP contribution in [0.3, 0.4) is 0 Å². The summed E-state index contributed by atoms with van der Waals surface area (Å²) < 4.78 is 14.1. The minimum Gasteiger partial charge on any atom is -0.335 e. The van der Waals surface area contributed by atoms with Gasteiger partial charge in [-0.2, -0.15) is 0 Å². The fourth-order valence-corrected chi connectivity index (χ4v) is 3.82. The summed E-state index contributed by atoms with van der Waals surface area (Å²) in [5, 5.41) is 0. The van der Waals surface area contributed by atoms with Crippen LogP contribution in [0.25, 0.3) is 0 Å². The fourth-order valence-electron chi connectivity index (χ4n) is 3.82. The molecule has 144 valence electrons. The highest BCUT2D eigenvalue weighted by Crippen LogP contribution is 2.21. The molecule has 3 nitrogen and oxygen atoms in total. The van der Waals surface area contributed by atoms with Crippen LogP contribution in [0, 0.1) is 5.82 Å². The monoisotopic (exact) mass is 368 g/mol. The molecule has 0 bridgehead atoms. The molecule has 1 aliphatic heterocycles. The second kappa shape index (κ2) is 9.65. The Morgan fingerprint density at radius 2 is 1.74 bits per heavy atom. The van der Waals surface area contributed by atoms with Gasteiger partial charge in [0.1, 0.15) is 5.82 Å². The molecule has 1 heterocycles. The summed E-state index contributed by atoms with van der Waals surface area (Å²) in [6.45, 7) is 5.27. The van der Waals surface area contributed by atoms with Crippen LogP contribution in [0.5, 0.6) is 0 Å². The predicted octanol–water partition coefficient (Wildman–Crippen LogP) is 4.27. The van der Waals surface area contributed by atoms with Gasteiger partial charge in [-0.25, -0.2) is 4.39 Å². The van der Waals surface area contributed by atoms with Gasteiger partial charge in [-0.1, -0.05) is 55.5 Å². The Morgan fingerprint density at radius 3 is 2.41 bits per heavy atom. The molecule has 27 heavy (non-hydrogen) atoms. The highest BCUT2D eigenvalue weighted by atomic mass is 19.1. The van der Waals surface area contributed by atoms with E-state index in [0.717, 1.165) is 38.9 Å². The van der Waals surface area contributed by atoms with Crippen molar-refractivity contribution < 1.29 is 9.18 Å². The SMILES string of the molecule is CCC(=O)N(Cc1ccccc1F)C1CCN(CCc2ccccc2)CC1. The van der Waals surface area contributed by atoms with Crippen molar-refractivity contribution in [2.75, 3.05) is 19.6 Å². The first-order chi connectivity index (χ1) is 13.2. The van der Waals surface area contributed by atoms with Crippen molar-refractivity contribution in [1.82, 2.24) is 9.80 Å². The van der Waals surface area contributed by atoms with Gasteiger partial charge in [0.2, 0.25) is 5.91 Å². The van der Waals surface area contributed by atoms with Gasteiger partial charge in [0, 0.05) is 44.2 Å². The molecule has 2 aromatic carbocycles. The average Bonchev–Trinajstić information content (AvgIpc) is 2.72. The molecule has 1 fully saturated rings. The molecule has 0 saturated carbocycles. The highest BCUT2D eigenvalue weighted by Gasteiger charge is 2.27. The van der Waals surface area contributed by atoms with E-state index in [2.05, 4.69) is 29.2 Å². The summed E-state index contributed by atoms with van der Waals surface area (Å²) in [6.07, 6.45) is 3.42. The summed E-state index contributed by atoms with van der Waals surface area (Å²) in [4.78, 5) is 16.9. The smallest absolute Gasteiger partial charge is 0.222 e. The minimum atomic E-state index is -0.230. The Hall–Kier alpha value is -2.20. The van der Waals surface area contributed by atoms with Crippen LogP contribution in [0.15, 0.2) is 54.6 Å². The summed E-state index contributed by atoms with van der Waals surface area (Å²) in [7, 11) is 0. The van der Waals surface area contributed by atoms with E-state index >= 15 is 0 Å². The zero-order valence-corrected chi connectivity index (χ0v) is 16.1. The largest absolute Gasteiger partial charge is 0.335 e. The highest BCUT2D eigenvalue weighted by molar-refractivity contribution is 5.76. The molecule has 0 atom stereocenters. The lowest BCUT2D eigenvalue weighted by Crippen LogP contribution is -2.47. The number of hydrogen-bond donors (Lipinski definition) is 0. The molecule has 2 aromatic rings. The quantitative estimate of drug-likeness (QED) is 0.729. The van der Waals surface area contributed by atoms with Gasteiger partial charge in [-0.3, -0.25) is 4.79 Å². The molecule has 3 rings (SSSR count). The Kier molecular flexibility index (Phi) is 6.99. The molecule has 1 amide bonds. The van der Waals surface area contributed by atoms with Crippen LogP contribution >= 0.6 is 0 Å². The zero-order valence-electron chi connectivity index (χ0n) is 16.1. The van der Waals surface area contributed by atoms with Crippen LogP contribution in [0.4, 0.5) is 4.39 Å². The van der Waals surface area contributed by atoms with E-state index in [4.69, 9.17) is 0 Å². The van der Waals surface area contributed by atoms with Crippen molar-refractivity contribution in [2.24, 2.45) is 0 Å². The first-order valence-corrected chi connectivity index (χ1v) is 9.96. The number of piperidine rings is 1. The maximum absolute atomic E-state index is 14.1. The second-order valence-corrected chi connectivity index (χ2v) is 7.28. The van der Waals surface area contributed by atoms with Gasteiger partial charge >= 0.3 is 0 Å². The minimum absolute atomic E-state index is 0.112. The van der Waals surface area contributed by atoms with Gasteiger partial charge < -0.3 is 9.80 Å². The van der Waals surface area contributed by atoms with Crippen LogP contribution in [-0.4, -0.2) is 41.4 Å². The van der Waals surface area contributed by atoms with Gasteiger partial charge in [0.15, 0.2) is 0 Å². The standard InChI is InChI=1S/C23H29FN2O/c1-2-23(27)26(18-20-10-6-7-11-22(20)24)21-13-16-25(17-14-21)15-12-19-8-4-3-5-9-19/h3-11,21H,2,12-18H2,1H3. The molecule has 1 saturated heterocycles. The molecule has 0 radical (unpaired) electrons. The van der Waals surface area contributed by atoms with Crippen LogP contribution in [0.2, 0.25) is 0 Å². The summed E-state index contributed by atoms with van der Waals surface area (Å²) in [5.74, 6) is -0.118. The lowest BCUT2D eigenvalue weighted by Gasteiger charge is -2.38. The van der Waals surface area contributed by atoms with E-state index < -0.39 is 0 Å².